The lowest BCUT2D eigenvalue weighted by molar-refractivity contribution is 0.684. The van der Waals surface area contributed by atoms with Gasteiger partial charge in [0.25, 0.3) is 0 Å². The van der Waals surface area contributed by atoms with Crippen LogP contribution in [0.1, 0.15) is 11.1 Å². The molecule has 0 fully saturated rings. The molecule has 0 unspecified atom stereocenters. The molecule has 0 saturated carbocycles. The molecule has 0 amide bonds. The van der Waals surface area contributed by atoms with E-state index in [1.807, 2.05) is 0 Å². The lowest BCUT2D eigenvalue weighted by Gasteiger charge is -2.06. The minimum atomic E-state index is 0.432. The highest BCUT2D eigenvalue weighted by atomic mass is 14.9. The zero-order chi connectivity index (χ0) is 11.6. The fourth-order valence-corrected chi connectivity index (χ4v) is 1.43. The molecule has 4 heteroatoms. The third-order valence-corrected chi connectivity index (χ3v) is 2.30. The van der Waals surface area contributed by atoms with Crippen LogP contribution in [0.5, 0.6) is 0 Å². The van der Waals surface area contributed by atoms with Crippen molar-refractivity contribution >= 4 is 0 Å². The van der Waals surface area contributed by atoms with Crippen LogP contribution in [0.15, 0.2) is 24.3 Å². The summed E-state index contributed by atoms with van der Waals surface area (Å²) in [6.45, 7) is 4.43. The molecule has 0 aromatic heterocycles. The first kappa shape index (κ1) is 13.1. The largest absolute Gasteiger partial charge is 0.329 e. The van der Waals surface area contributed by atoms with Crippen molar-refractivity contribution in [1.82, 2.24) is 16.4 Å². The van der Waals surface area contributed by atoms with Crippen LogP contribution >= 0.6 is 0 Å². The van der Waals surface area contributed by atoms with Crippen LogP contribution in [-0.2, 0) is 13.1 Å². The van der Waals surface area contributed by atoms with E-state index in [1.54, 1.807) is 0 Å². The predicted octanol–water partition coefficient (Wildman–Crippen LogP) is 0.107. The highest BCUT2D eigenvalue weighted by Gasteiger charge is 1.94. The summed E-state index contributed by atoms with van der Waals surface area (Å²) in [5.74, 6) is 0. The number of benzene rings is 1. The molecule has 89 valence electrons. The number of rotatable bonds is 8. The Morgan fingerprint density at radius 3 is 1.88 bits per heavy atom. The second kappa shape index (κ2) is 8.24. The fourth-order valence-electron chi connectivity index (χ4n) is 1.43. The molecular weight excluding hydrogens is 200 g/mol. The minimum Gasteiger partial charge on any atom is -0.329 e. The summed E-state index contributed by atoms with van der Waals surface area (Å²) in [4.78, 5) is 0. The van der Waals surface area contributed by atoms with Crippen molar-refractivity contribution in [2.45, 2.75) is 13.1 Å². The summed E-state index contributed by atoms with van der Waals surface area (Å²) >= 11 is 0. The van der Waals surface area contributed by atoms with Crippen molar-refractivity contribution in [3.8, 4) is 0 Å². The number of nitrogens with one attached hydrogen (secondary N) is 3. The summed E-state index contributed by atoms with van der Waals surface area (Å²) in [5, 5.41) is 6.46. The van der Waals surface area contributed by atoms with Crippen molar-refractivity contribution in [1.29, 1.82) is 0 Å². The quantitative estimate of drug-likeness (QED) is 0.545. The summed E-state index contributed by atoms with van der Waals surface area (Å²) in [5.41, 5.74) is 15.0. The van der Waals surface area contributed by atoms with Gasteiger partial charge in [-0.3, -0.25) is 5.73 Å². The first-order valence-corrected chi connectivity index (χ1v) is 5.70. The van der Waals surface area contributed by atoms with Gasteiger partial charge in [0.2, 0.25) is 0 Å². The Labute approximate surface area is 97.4 Å². The summed E-state index contributed by atoms with van der Waals surface area (Å²) in [6.07, 6.45) is 0. The summed E-state index contributed by atoms with van der Waals surface area (Å²) in [7, 11) is 0. The van der Waals surface area contributed by atoms with Gasteiger partial charge in [0.1, 0.15) is 0 Å². The van der Waals surface area contributed by atoms with Crippen LogP contribution < -0.4 is 22.1 Å². The molecular formula is C12H21N4. The Hall–Kier alpha value is -0.940. The molecule has 0 aliphatic rings. The van der Waals surface area contributed by atoms with E-state index in [4.69, 9.17) is 11.5 Å². The maximum atomic E-state index is 7.02. The van der Waals surface area contributed by atoms with E-state index in [2.05, 4.69) is 34.9 Å². The zero-order valence-corrected chi connectivity index (χ0v) is 9.63. The van der Waals surface area contributed by atoms with Gasteiger partial charge in [0, 0.05) is 39.3 Å². The summed E-state index contributed by atoms with van der Waals surface area (Å²) < 4.78 is 0. The molecule has 1 rings (SSSR count). The Balaban J connectivity index is 2.30. The van der Waals surface area contributed by atoms with Crippen LogP contribution in [-0.4, -0.2) is 26.2 Å². The van der Waals surface area contributed by atoms with Crippen molar-refractivity contribution in [3.05, 3.63) is 35.4 Å². The Morgan fingerprint density at radius 2 is 1.44 bits per heavy atom. The number of hydrogen-bond acceptors (Lipinski definition) is 3. The monoisotopic (exact) mass is 221 g/mol. The first-order valence-electron chi connectivity index (χ1n) is 5.70. The zero-order valence-electron chi connectivity index (χ0n) is 9.63. The first-order chi connectivity index (χ1) is 7.86. The summed E-state index contributed by atoms with van der Waals surface area (Å²) in [6, 6.07) is 8.50. The van der Waals surface area contributed by atoms with E-state index < -0.39 is 0 Å². The van der Waals surface area contributed by atoms with E-state index in [9.17, 15) is 0 Å². The van der Waals surface area contributed by atoms with Crippen LogP contribution in [0.3, 0.4) is 0 Å². The second-order valence-corrected chi connectivity index (χ2v) is 3.71. The molecule has 1 aromatic rings. The van der Waals surface area contributed by atoms with Crippen LogP contribution in [0.4, 0.5) is 0 Å². The van der Waals surface area contributed by atoms with Gasteiger partial charge < -0.3 is 16.4 Å². The molecule has 4 nitrogen and oxygen atoms in total. The third kappa shape index (κ3) is 5.23. The maximum Gasteiger partial charge on any atom is 0.0225 e. The Bertz CT molecular complexity index is 242. The molecule has 16 heavy (non-hydrogen) atoms. The molecule has 0 atom stereocenters. The predicted molar refractivity (Wildman–Crippen MR) is 66.9 cm³/mol. The Morgan fingerprint density at radius 1 is 0.938 bits per heavy atom. The molecule has 0 heterocycles. The molecule has 1 aromatic carbocycles. The molecule has 1 radical (unpaired) electrons. The highest BCUT2D eigenvalue weighted by Crippen LogP contribution is 2.03. The van der Waals surface area contributed by atoms with E-state index in [-0.39, 0.29) is 0 Å². The van der Waals surface area contributed by atoms with E-state index in [0.717, 1.165) is 26.2 Å². The average molecular weight is 221 g/mol. The standard InChI is InChI=1S/C12H21N4/c13-5-7-15-9-11-1-2-12(4-3-11)10-16-8-6-14/h1-4,13,15-16H,5-10,14H2. The van der Waals surface area contributed by atoms with E-state index in [1.165, 1.54) is 11.1 Å². The maximum absolute atomic E-state index is 7.02. The van der Waals surface area contributed by atoms with Crippen molar-refractivity contribution in [2.24, 2.45) is 5.73 Å². The van der Waals surface area contributed by atoms with Gasteiger partial charge in [-0.25, -0.2) is 0 Å². The van der Waals surface area contributed by atoms with Gasteiger partial charge in [-0.1, -0.05) is 24.3 Å². The highest BCUT2D eigenvalue weighted by molar-refractivity contribution is 5.22. The van der Waals surface area contributed by atoms with Crippen molar-refractivity contribution < 1.29 is 0 Å². The lowest BCUT2D eigenvalue weighted by Crippen LogP contribution is -2.22. The minimum absolute atomic E-state index is 0.432. The number of hydrogen-bond donors (Lipinski definition) is 3. The third-order valence-electron chi connectivity index (χ3n) is 2.30. The topological polar surface area (TPSA) is 73.9 Å². The molecule has 0 aliphatic heterocycles. The molecule has 0 aliphatic carbocycles. The SMILES string of the molecule is [NH]CCNCc1ccc(CNCCN)cc1. The molecule has 0 spiro atoms. The smallest absolute Gasteiger partial charge is 0.0225 e. The average Bonchev–Trinajstić information content (AvgIpc) is 2.32. The van der Waals surface area contributed by atoms with Crippen molar-refractivity contribution in [2.75, 3.05) is 26.2 Å². The van der Waals surface area contributed by atoms with E-state index >= 15 is 0 Å². The van der Waals surface area contributed by atoms with Gasteiger partial charge in [0.05, 0.1) is 0 Å². The number of nitrogens with two attached hydrogens (primary N) is 1. The van der Waals surface area contributed by atoms with Gasteiger partial charge in [-0.15, -0.1) is 0 Å². The second-order valence-electron chi connectivity index (χ2n) is 3.71. The fraction of sp³-hybridized carbons (Fsp3) is 0.500. The van der Waals surface area contributed by atoms with E-state index in [0.29, 0.717) is 13.1 Å². The van der Waals surface area contributed by atoms with Gasteiger partial charge >= 0.3 is 0 Å². The van der Waals surface area contributed by atoms with Gasteiger partial charge in [-0.2, -0.15) is 0 Å². The van der Waals surface area contributed by atoms with Crippen molar-refractivity contribution in [3.63, 3.8) is 0 Å². The van der Waals surface area contributed by atoms with Crippen LogP contribution in [0, 0.1) is 0 Å². The van der Waals surface area contributed by atoms with Crippen LogP contribution in [0.2, 0.25) is 0 Å². The van der Waals surface area contributed by atoms with Gasteiger partial charge in [-0.05, 0) is 11.1 Å². The van der Waals surface area contributed by atoms with Crippen LogP contribution in [0.25, 0.3) is 0 Å². The molecule has 5 N–H and O–H groups in total. The van der Waals surface area contributed by atoms with Gasteiger partial charge in [0.15, 0.2) is 0 Å². The lowest BCUT2D eigenvalue weighted by atomic mass is 10.1. The Kier molecular flexibility index (Phi) is 6.76. The molecule has 0 saturated heterocycles. The normalized spacial score (nSPS) is 10.6. The molecule has 0 bridgehead atoms.